The summed E-state index contributed by atoms with van der Waals surface area (Å²) in [6, 6.07) is 6.96. The van der Waals surface area contributed by atoms with Crippen LogP contribution in [0.25, 0.3) is 0 Å². The highest BCUT2D eigenvalue weighted by Crippen LogP contribution is 2.10. The van der Waals surface area contributed by atoms with Crippen LogP contribution >= 0.6 is 0 Å². The lowest BCUT2D eigenvalue weighted by atomic mass is 10.1. The Labute approximate surface area is 84.9 Å². The lowest BCUT2D eigenvalue weighted by Crippen LogP contribution is -2.09. The molecule has 1 aromatic carbocycles. The summed E-state index contributed by atoms with van der Waals surface area (Å²) in [5.41, 5.74) is 6.60. The summed E-state index contributed by atoms with van der Waals surface area (Å²) in [6.07, 6.45) is 0. The van der Waals surface area contributed by atoms with Crippen molar-refractivity contribution < 1.29 is 9.53 Å². The molecule has 0 aliphatic heterocycles. The van der Waals surface area contributed by atoms with Crippen LogP contribution in [0.15, 0.2) is 24.3 Å². The molecule has 0 atom stereocenters. The number of carbonyl (C=O) groups is 1. The zero-order valence-electron chi connectivity index (χ0n) is 8.91. The third kappa shape index (κ3) is 3.58. The largest absolute Gasteiger partial charge is 0.398 e. The van der Waals surface area contributed by atoms with Gasteiger partial charge in [0.05, 0.1) is 0 Å². The van der Waals surface area contributed by atoms with Gasteiger partial charge in [-0.2, -0.15) is 0 Å². The number of rotatable bonds is 3. The van der Waals surface area contributed by atoms with Crippen LogP contribution in [0.5, 0.6) is 0 Å². The van der Waals surface area contributed by atoms with E-state index >= 15 is 0 Å². The van der Waals surface area contributed by atoms with Crippen molar-refractivity contribution in [1.29, 1.82) is 0 Å². The van der Waals surface area contributed by atoms with E-state index in [4.69, 9.17) is 10.5 Å². The second-order valence-electron chi connectivity index (χ2n) is 2.44. The fraction of sp³-hybridized carbons (Fsp3) is 0.364. The van der Waals surface area contributed by atoms with Crippen molar-refractivity contribution in [3.63, 3.8) is 0 Å². The Morgan fingerprint density at radius 1 is 1.36 bits per heavy atom. The van der Waals surface area contributed by atoms with Gasteiger partial charge in [-0.1, -0.05) is 26.0 Å². The Balaban J connectivity index is 0.000000791. The smallest absolute Gasteiger partial charge is 0.190 e. The quantitative estimate of drug-likeness (QED) is 0.593. The maximum Gasteiger partial charge on any atom is 0.190 e. The van der Waals surface area contributed by atoms with Crippen molar-refractivity contribution in [2.75, 3.05) is 19.5 Å². The van der Waals surface area contributed by atoms with Crippen LogP contribution < -0.4 is 5.73 Å². The van der Waals surface area contributed by atoms with Gasteiger partial charge in [0.15, 0.2) is 5.78 Å². The molecule has 3 nitrogen and oxygen atoms in total. The van der Waals surface area contributed by atoms with Crippen molar-refractivity contribution in [3.05, 3.63) is 29.8 Å². The summed E-state index contributed by atoms with van der Waals surface area (Å²) in [5.74, 6) is -0.0874. The summed E-state index contributed by atoms with van der Waals surface area (Å²) in [7, 11) is 1.48. The summed E-state index contributed by atoms with van der Waals surface area (Å²) in [4.78, 5) is 11.3. The Bertz CT molecular complexity index is 284. The number of hydrogen-bond donors (Lipinski definition) is 1. The third-order valence-electron chi connectivity index (χ3n) is 1.54. The van der Waals surface area contributed by atoms with E-state index in [1.54, 1.807) is 24.3 Å². The monoisotopic (exact) mass is 195 g/mol. The molecule has 1 rings (SSSR count). The molecular formula is C11H17NO2. The topological polar surface area (TPSA) is 52.3 Å². The summed E-state index contributed by atoms with van der Waals surface area (Å²) < 4.78 is 4.71. The minimum absolute atomic E-state index is 0.0776. The molecule has 3 heteroatoms. The molecule has 0 amide bonds. The van der Waals surface area contributed by atoms with E-state index in [0.29, 0.717) is 11.3 Å². The Morgan fingerprint density at radius 3 is 2.43 bits per heavy atom. The average Bonchev–Trinajstić information content (AvgIpc) is 2.22. The molecule has 0 unspecified atom stereocenters. The first-order valence-corrected chi connectivity index (χ1v) is 4.62. The van der Waals surface area contributed by atoms with E-state index in [1.165, 1.54) is 7.11 Å². The molecule has 78 valence electrons. The van der Waals surface area contributed by atoms with Crippen LogP contribution in [0.3, 0.4) is 0 Å². The van der Waals surface area contributed by atoms with E-state index < -0.39 is 0 Å². The molecule has 0 aromatic heterocycles. The number of anilines is 1. The van der Waals surface area contributed by atoms with Crippen molar-refractivity contribution in [2.45, 2.75) is 13.8 Å². The normalized spacial score (nSPS) is 8.79. The minimum atomic E-state index is -0.0874. The number of ketones is 1. The fourth-order valence-electron chi connectivity index (χ4n) is 0.960. The molecule has 0 spiro atoms. The van der Waals surface area contributed by atoms with Gasteiger partial charge in [-0.05, 0) is 12.1 Å². The van der Waals surface area contributed by atoms with E-state index in [0.717, 1.165) is 0 Å². The Morgan fingerprint density at radius 2 is 1.93 bits per heavy atom. The maximum absolute atomic E-state index is 11.3. The predicted molar refractivity (Wildman–Crippen MR) is 58.4 cm³/mol. The van der Waals surface area contributed by atoms with E-state index in [1.807, 2.05) is 13.8 Å². The number of carbonyl (C=O) groups excluding carboxylic acids is 1. The number of ether oxygens (including phenoxy) is 1. The van der Waals surface area contributed by atoms with Crippen molar-refractivity contribution in [3.8, 4) is 0 Å². The van der Waals surface area contributed by atoms with Crippen LogP contribution in [-0.4, -0.2) is 19.5 Å². The highest BCUT2D eigenvalue weighted by atomic mass is 16.5. The maximum atomic E-state index is 11.3. The van der Waals surface area contributed by atoms with Gasteiger partial charge >= 0.3 is 0 Å². The number of para-hydroxylation sites is 1. The van der Waals surface area contributed by atoms with E-state index in [2.05, 4.69) is 0 Å². The third-order valence-corrected chi connectivity index (χ3v) is 1.54. The highest BCUT2D eigenvalue weighted by Gasteiger charge is 2.07. The number of methoxy groups -OCH3 is 1. The molecule has 1 aromatic rings. The molecule has 0 aliphatic rings. The standard InChI is InChI=1S/C9H11NO2.C2H6/c1-12-6-9(11)7-4-2-3-5-8(7)10;1-2/h2-5H,6,10H2,1H3;1-2H3. The van der Waals surface area contributed by atoms with Crippen LogP contribution in [0, 0.1) is 0 Å². The molecule has 0 heterocycles. The highest BCUT2D eigenvalue weighted by molar-refractivity contribution is 6.01. The van der Waals surface area contributed by atoms with E-state index in [-0.39, 0.29) is 12.4 Å². The van der Waals surface area contributed by atoms with Gasteiger partial charge in [0, 0.05) is 18.4 Å². The van der Waals surface area contributed by atoms with Gasteiger partial charge < -0.3 is 10.5 Å². The SMILES string of the molecule is CC.COCC(=O)c1ccccc1N. The van der Waals surface area contributed by atoms with Gasteiger partial charge in [0.25, 0.3) is 0 Å². The van der Waals surface area contributed by atoms with Gasteiger partial charge in [-0.25, -0.2) is 0 Å². The number of Topliss-reactive ketones (excluding diaryl/α,β-unsaturated/α-hetero) is 1. The number of nitrogen functional groups attached to an aromatic ring is 1. The average molecular weight is 195 g/mol. The summed E-state index contributed by atoms with van der Waals surface area (Å²) >= 11 is 0. The lowest BCUT2D eigenvalue weighted by molar-refractivity contribution is 0.0849. The number of nitrogens with two attached hydrogens (primary N) is 1. The van der Waals surface area contributed by atoms with Gasteiger partial charge in [0.2, 0.25) is 0 Å². The molecule has 0 saturated heterocycles. The number of hydrogen-bond acceptors (Lipinski definition) is 3. The first kappa shape index (κ1) is 12.7. The van der Waals surface area contributed by atoms with Gasteiger partial charge in [-0.3, -0.25) is 4.79 Å². The zero-order valence-corrected chi connectivity index (χ0v) is 8.91. The van der Waals surface area contributed by atoms with Crippen LogP contribution in [0.4, 0.5) is 5.69 Å². The van der Waals surface area contributed by atoms with Gasteiger partial charge in [0.1, 0.15) is 6.61 Å². The molecule has 0 bridgehead atoms. The zero-order chi connectivity index (χ0) is 11.0. The minimum Gasteiger partial charge on any atom is -0.398 e. The Hall–Kier alpha value is -1.35. The molecule has 0 aliphatic carbocycles. The molecule has 2 N–H and O–H groups in total. The first-order valence-electron chi connectivity index (χ1n) is 4.62. The predicted octanol–water partition coefficient (Wildman–Crippen LogP) is 2.12. The fourth-order valence-corrected chi connectivity index (χ4v) is 0.960. The molecule has 0 saturated carbocycles. The van der Waals surface area contributed by atoms with E-state index in [9.17, 15) is 4.79 Å². The van der Waals surface area contributed by atoms with Crippen molar-refractivity contribution in [1.82, 2.24) is 0 Å². The van der Waals surface area contributed by atoms with Crippen molar-refractivity contribution in [2.24, 2.45) is 0 Å². The molecular weight excluding hydrogens is 178 g/mol. The molecule has 14 heavy (non-hydrogen) atoms. The summed E-state index contributed by atoms with van der Waals surface area (Å²) in [5, 5.41) is 0. The van der Waals surface area contributed by atoms with Crippen LogP contribution in [0.2, 0.25) is 0 Å². The van der Waals surface area contributed by atoms with Crippen LogP contribution in [0.1, 0.15) is 24.2 Å². The van der Waals surface area contributed by atoms with Crippen molar-refractivity contribution >= 4 is 11.5 Å². The lowest BCUT2D eigenvalue weighted by Gasteiger charge is -2.02. The van der Waals surface area contributed by atoms with Gasteiger partial charge in [-0.15, -0.1) is 0 Å². The molecule has 0 fully saturated rings. The van der Waals surface area contributed by atoms with Crippen LogP contribution in [-0.2, 0) is 4.74 Å². The molecule has 0 radical (unpaired) electrons. The summed E-state index contributed by atoms with van der Waals surface area (Å²) in [6.45, 7) is 4.08. The second-order valence-corrected chi connectivity index (χ2v) is 2.44. The number of benzene rings is 1. The first-order chi connectivity index (χ1) is 6.75. The second kappa shape index (κ2) is 7.09. The Kier molecular flexibility index (Phi) is 6.41.